The predicted molar refractivity (Wildman–Crippen MR) is 57.1 cm³/mol. The number of halogens is 2. The van der Waals surface area contributed by atoms with Gasteiger partial charge in [-0.1, -0.05) is 19.3 Å². The van der Waals surface area contributed by atoms with E-state index in [0.717, 1.165) is 0 Å². The van der Waals surface area contributed by atoms with E-state index in [-0.39, 0.29) is 24.8 Å². The fraction of sp³-hybridized carbons (Fsp3) is 1.00. The first kappa shape index (κ1) is 11.3. The van der Waals surface area contributed by atoms with Crippen LogP contribution < -0.4 is 5.32 Å². The Hall–Kier alpha value is -0.180. The highest BCUT2D eigenvalue weighted by Gasteiger charge is 2.47. The highest BCUT2D eigenvalue weighted by molar-refractivity contribution is 4.92. The first-order chi connectivity index (χ1) is 7.07. The van der Waals surface area contributed by atoms with E-state index in [1.165, 1.54) is 32.1 Å². The van der Waals surface area contributed by atoms with Crippen molar-refractivity contribution in [2.45, 2.75) is 69.9 Å². The number of nitrogens with one attached hydrogen (secondary N) is 1. The van der Waals surface area contributed by atoms with Gasteiger partial charge in [-0.15, -0.1) is 0 Å². The van der Waals surface area contributed by atoms with Crippen LogP contribution in [0.4, 0.5) is 8.78 Å². The molecule has 0 aromatic carbocycles. The Kier molecular flexibility index (Phi) is 3.29. The fourth-order valence-corrected chi connectivity index (χ4v) is 2.84. The van der Waals surface area contributed by atoms with Crippen molar-refractivity contribution in [2.75, 3.05) is 0 Å². The molecule has 0 aliphatic heterocycles. The van der Waals surface area contributed by atoms with Crippen molar-refractivity contribution < 1.29 is 8.78 Å². The lowest BCUT2D eigenvalue weighted by atomic mass is 9.76. The quantitative estimate of drug-likeness (QED) is 0.764. The van der Waals surface area contributed by atoms with Crippen molar-refractivity contribution in [3.05, 3.63) is 0 Å². The molecule has 0 bridgehead atoms. The number of rotatable bonds is 3. The third kappa shape index (κ3) is 2.90. The van der Waals surface area contributed by atoms with Crippen LogP contribution in [0.3, 0.4) is 0 Å². The predicted octanol–water partition coefficient (Wildman–Crippen LogP) is 3.34. The lowest BCUT2D eigenvalue weighted by molar-refractivity contribution is -0.118. The van der Waals surface area contributed by atoms with E-state index >= 15 is 0 Å². The van der Waals surface area contributed by atoms with Gasteiger partial charge in [0.05, 0.1) is 0 Å². The second-order valence-corrected chi connectivity index (χ2v) is 5.31. The summed E-state index contributed by atoms with van der Waals surface area (Å²) in [6.07, 6.45) is 6.58. The third-order valence-corrected chi connectivity index (χ3v) is 3.93. The second-order valence-electron chi connectivity index (χ2n) is 5.31. The van der Waals surface area contributed by atoms with Gasteiger partial charge >= 0.3 is 0 Å². The summed E-state index contributed by atoms with van der Waals surface area (Å²) < 4.78 is 25.4. The Balaban J connectivity index is 1.70. The normalized spacial score (nSPS) is 29.8. The van der Waals surface area contributed by atoms with Crippen molar-refractivity contribution in [1.29, 1.82) is 0 Å². The maximum Gasteiger partial charge on any atom is 0.248 e. The van der Waals surface area contributed by atoms with Crippen LogP contribution in [-0.4, -0.2) is 18.0 Å². The van der Waals surface area contributed by atoms with Gasteiger partial charge in [-0.25, -0.2) is 8.78 Å². The number of hydrogen-bond donors (Lipinski definition) is 1. The summed E-state index contributed by atoms with van der Waals surface area (Å²) in [5, 5.41) is 3.53. The van der Waals surface area contributed by atoms with E-state index in [9.17, 15) is 8.78 Å². The standard InChI is InChI=1S/C12H21F2N/c1-9(10-7-12(13,14)8-10)15-11-5-3-2-4-6-11/h9-11,15H,2-8H2,1H3. The largest absolute Gasteiger partial charge is 0.311 e. The molecule has 1 nitrogen and oxygen atoms in total. The summed E-state index contributed by atoms with van der Waals surface area (Å²) in [6.45, 7) is 2.06. The lowest BCUT2D eigenvalue weighted by Gasteiger charge is -2.40. The SMILES string of the molecule is CC(NC1CCCCC1)C1CC(F)(F)C1. The second kappa shape index (κ2) is 4.36. The summed E-state index contributed by atoms with van der Waals surface area (Å²) in [7, 11) is 0. The third-order valence-electron chi connectivity index (χ3n) is 3.93. The van der Waals surface area contributed by atoms with Crippen LogP contribution in [0, 0.1) is 5.92 Å². The van der Waals surface area contributed by atoms with Crippen molar-refractivity contribution in [3.63, 3.8) is 0 Å². The summed E-state index contributed by atoms with van der Waals surface area (Å²) in [5.41, 5.74) is 0. The van der Waals surface area contributed by atoms with E-state index in [2.05, 4.69) is 12.2 Å². The zero-order valence-corrected chi connectivity index (χ0v) is 9.44. The van der Waals surface area contributed by atoms with Crippen LogP contribution in [-0.2, 0) is 0 Å². The molecule has 0 aromatic rings. The van der Waals surface area contributed by atoms with Gasteiger partial charge in [-0.2, -0.15) is 0 Å². The molecule has 1 N–H and O–H groups in total. The first-order valence-electron chi connectivity index (χ1n) is 6.21. The molecular formula is C12H21F2N. The van der Waals surface area contributed by atoms with Crippen LogP contribution in [0.15, 0.2) is 0 Å². The molecule has 0 radical (unpaired) electrons. The van der Waals surface area contributed by atoms with Crippen LogP contribution in [0.5, 0.6) is 0 Å². The molecule has 0 aromatic heterocycles. The lowest BCUT2D eigenvalue weighted by Crippen LogP contribution is -2.49. The van der Waals surface area contributed by atoms with Crippen LogP contribution in [0.2, 0.25) is 0 Å². The van der Waals surface area contributed by atoms with Crippen LogP contribution in [0.1, 0.15) is 51.9 Å². The average molecular weight is 217 g/mol. The average Bonchev–Trinajstić information content (AvgIpc) is 2.15. The molecule has 0 amide bonds. The van der Waals surface area contributed by atoms with Gasteiger partial charge in [-0.05, 0) is 25.7 Å². The van der Waals surface area contributed by atoms with Crippen molar-refractivity contribution >= 4 is 0 Å². The zero-order valence-electron chi connectivity index (χ0n) is 9.44. The van der Waals surface area contributed by atoms with Crippen LogP contribution >= 0.6 is 0 Å². The Morgan fingerprint density at radius 2 is 1.73 bits per heavy atom. The van der Waals surface area contributed by atoms with E-state index in [1.54, 1.807) is 0 Å². The summed E-state index contributed by atoms with van der Waals surface area (Å²) in [5.74, 6) is -2.17. The monoisotopic (exact) mass is 217 g/mol. The number of alkyl halides is 2. The molecule has 88 valence electrons. The minimum Gasteiger partial charge on any atom is -0.311 e. The maximum absolute atomic E-state index is 12.7. The van der Waals surface area contributed by atoms with Gasteiger partial charge in [0, 0.05) is 24.9 Å². The molecule has 2 aliphatic carbocycles. The van der Waals surface area contributed by atoms with E-state index in [4.69, 9.17) is 0 Å². The van der Waals surface area contributed by atoms with Gasteiger partial charge in [0.2, 0.25) is 5.92 Å². The molecular weight excluding hydrogens is 196 g/mol. The molecule has 3 heteroatoms. The Morgan fingerprint density at radius 3 is 2.27 bits per heavy atom. The summed E-state index contributed by atoms with van der Waals surface area (Å²) in [4.78, 5) is 0. The van der Waals surface area contributed by atoms with Crippen LogP contribution in [0.25, 0.3) is 0 Å². The molecule has 2 fully saturated rings. The van der Waals surface area contributed by atoms with Crippen molar-refractivity contribution in [3.8, 4) is 0 Å². The van der Waals surface area contributed by atoms with Gasteiger partial charge in [0.1, 0.15) is 0 Å². The zero-order chi connectivity index (χ0) is 10.9. The molecule has 0 heterocycles. The molecule has 1 atom stereocenters. The highest BCUT2D eigenvalue weighted by Crippen LogP contribution is 2.44. The summed E-state index contributed by atoms with van der Waals surface area (Å²) in [6, 6.07) is 0.857. The minimum atomic E-state index is -2.37. The van der Waals surface area contributed by atoms with Gasteiger partial charge in [0.25, 0.3) is 0 Å². The molecule has 2 saturated carbocycles. The highest BCUT2D eigenvalue weighted by atomic mass is 19.3. The Morgan fingerprint density at radius 1 is 1.13 bits per heavy atom. The maximum atomic E-state index is 12.7. The topological polar surface area (TPSA) is 12.0 Å². The van der Waals surface area contributed by atoms with Gasteiger partial charge in [0.15, 0.2) is 0 Å². The molecule has 15 heavy (non-hydrogen) atoms. The molecule has 0 saturated heterocycles. The van der Waals surface area contributed by atoms with Crippen molar-refractivity contribution in [1.82, 2.24) is 5.32 Å². The smallest absolute Gasteiger partial charge is 0.248 e. The molecule has 1 unspecified atom stereocenters. The number of hydrogen-bond acceptors (Lipinski definition) is 1. The Labute approximate surface area is 90.6 Å². The van der Waals surface area contributed by atoms with E-state index in [0.29, 0.717) is 6.04 Å². The Bertz CT molecular complexity index is 204. The molecule has 0 spiro atoms. The van der Waals surface area contributed by atoms with E-state index < -0.39 is 5.92 Å². The molecule has 2 aliphatic rings. The van der Waals surface area contributed by atoms with Crippen molar-refractivity contribution in [2.24, 2.45) is 5.92 Å². The van der Waals surface area contributed by atoms with E-state index in [1.807, 2.05) is 0 Å². The fourth-order valence-electron chi connectivity index (χ4n) is 2.84. The van der Waals surface area contributed by atoms with Gasteiger partial charge in [-0.3, -0.25) is 0 Å². The van der Waals surface area contributed by atoms with Gasteiger partial charge < -0.3 is 5.32 Å². The summed E-state index contributed by atoms with van der Waals surface area (Å²) >= 11 is 0. The molecule has 2 rings (SSSR count). The minimum absolute atomic E-state index is 0.0912. The first-order valence-corrected chi connectivity index (χ1v) is 6.21.